The number of carbonyl (C=O) groups is 1. The van der Waals surface area contributed by atoms with Crippen LogP contribution < -0.4 is 10.5 Å². The molecule has 5 nitrogen and oxygen atoms in total. The number of nitrogens with one attached hydrogen (secondary N) is 1. The second kappa shape index (κ2) is 4.61. The lowest BCUT2D eigenvalue weighted by Crippen LogP contribution is -2.33. The highest BCUT2D eigenvalue weighted by molar-refractivity contribution is 7.93. The van der Waals surface area contributed by atoms with Crippen molar-refractivity contribution in [2.45, 2.75) is 0 Å². The van der Waals surface area contributed by atoms with Crippen LogP contribution >= 0.6 is 0 Å². The van der Waals surface area contributed by atoms with Gasteiger partial charge >= 0.3 is 6.03 Å². The van der Waals surface area contributed by atoms with Crippen LogP contribution in [0, 0.1) is 0 Å². The zero-order chi connectivity index (χ0) is 11.3. The summed E-state index contributed by atoms with van der Waals surface area (Å²) in [6, 6.07) is 7.72. The number of amides is 2. The Labute approximate surface area is 87.6 Å². The maximum absolute atomic E-state index is 11.1. The quantitative estimate of drug-likeness (QED) is 0.793. The maximum atomic E-state index is 11.1. The molecular formula is C9H10N2O3S. The van der Waals surface area contributed by atoms with Gasteiger partial charge in [0.1, 0.15) is 0 Å². The van der Waals surface area contributed by atoms with E-state index in [1.807, 2.05) is 6.07 Å². The third-order valence-corrected chi connectivity index (χ3v) is 2.46. The summed E-state index contributed by atoms with van der Waals surface area (Å²) in [5.74, 6) is 0. The van der Waals surface area contributed by atoms with Gasteiger partial charge in [-0.3, -0.25) is 0 Å². The summed E-state index contributed by atoms with van der Waals surface area (Å²) in [5.41, 5.74) is 5.40. The van der Waals surface area contributed by atoms with Gasteiger partial charge in [0, 0.05) is 0 Å². The lowest BCUT2D eigenvalue weighted by Gasteiger charge is -1.97. The Hall–Kier alpha value is -1.82. The highest BCUT2D eigenvalue weighted by Gasteiger charge is 2.06. The molecule has 1 rings (SSSR count). The van der Waals surface area contributed by atoms with E-state index in [2.05, 4.69) is 5.73 Å². The predicted octanol–water partition coefficient (Wildman–Crippen LogP) is 0.655. The van der Waals surface area contributed by atoms with E-state index >= 15 is 0 Å². The Kier molecular flexibility index (Phi) is 3.46. The van der Waals surface area contributed by atoms with Crippen LogP contribution in [-0.4, -0.2) is 14.4 Å². The van der Waals surface area contributed by atoms with Gasteiger partial charge in [-0.25, -0.2) is 17.9 Å². The van der Waals surface area contributed by atoms with Crippen LogP contribution in [0.3, 0.4) is 0 Å². The van der Waals surface area contributed by atoms with Crippen LogP contribution in [0.15, 0.2) is 35.7 Å². The first-order valence-corrected chi connectivity index (χ1v) is 5.59. The Balaban J connectivity index is 2.78. The number of hydrogen-bond donors (Lipinski definition) is 2. The highest BCUT2D eigenvalue weighted by atomic mass is 32.2. The van der Waals surface area contributed by atoms with Gasteiger partial charge in [-0.15, -0.1) is 0 Å². The van der Waals surface area contributed by atoms with Gasteiger partial charge in [-0.05, 0) is 11.6 Å². The Morgan fingerprint density at radius 2 is 1.87 bits per heavy atom. The van der Waals surface area contributed by atoms with Gasteiger partial charge in [0.15, 0.2) is 0 Å². The van der Waals surface area contributed by atoms with E-state index in [0.717, 1.165) is 5.41 Å². The van der Waals surface area contributed by atoms with E-state index in [0.29, 0.717) is 5.56 Å². The van der Waals surface area contributed by atoms with Crippen molar-refractivity contribution in [2.24, 2.45) is 5.73 Å². The average molecular weight is 226 g/mol. The van der Waals surface area contributed by atoms with Crippen molar-refractivity contribution in [3.05, 3.63) is 41.3 Å². The van der Waals surface area contributed by atoms with Gasteiger partial charge in [-0.1, -0.05) is 30.3 Å². The van der Waals surface area contributed by atoms with E-state index in [4.69, 9.17) is 0 Å². The summed E-state index contributed by atoms with van der Waals surface area (Å²) in [7, 11) is -3.78. The summed E-state index contributed by atoms with van der Waals surface area (Å²) in [6.45, 7) is 0. The van der Waals surface area contributed by atoms with Crippen LogP contribution in [0.2, 0.25) is 0 Å². The minimum Gasteiger partial charge on any atom is -0.351 e. The van der Waals surface area contributed by atoms with Crippen LogP contribution in [0.1, 0.15) is 5.56 Å². The number of rotatable bonds is 3. The smallest absolute Gasteiger partial charge is 0.326 e. The summed E-state index contributed by atoms with van der Waals surface area (Å²) in [4.78, 5) is 10.3. The Morgan fingerprint density at radius 3 is 2.40 bits per heavy atom. The molecule has 1 aromatic rings. The molecule has 0 radical (unpaired) electrons. The number of primary amides is 1. The zero-order valence-corrected chi connectivity index (χ0v) is 8.57. The number of nitrogens with two attached hydrogens (primary N) is 1. The molecule has 3 N–H and O–H groups in total. The lowest BCUT2D eigenvalue weighted by atomic mass is 10.2. The summed E-state index contributed by atoms with van der Waals surface area (Å²) >= 11 is 0. The number of urea groups is 1. The fourth-order valence-corrected chi connectivity index (χ4v) is 1.59. The number of benzene rings is 1. The molecule has 80 valence electrons. The minimum atomic E-state index is -3.78. The summed E-state index contributed by atoms with van der Waals surface area (Å²) in [5, 5.41) is 0.882. The van der Waals surface area contributed by atoms with Gasteiger partial charge in [0.2, 0.25) is 0 Å². The molecule has 0 bridgehead atoms. The monoisotopic (exact) mass is 226 g/mol. The normalized spacial score (nSPS) is 11.5. The molecule has 0 heterocycles. The van der Waals surface area contributed by atoms with Crippen LogP contribution in [0.4, 0.5) is 4.79 Å². The number of hydrogen-bond acceptors (Lipinski definition) is 3. The molecule has 0 saturated heterocycles. The zero-order valence-electron chi connectivity index (χ0n) is 7.75. The van der Waals surface area contributed by atoms with Gasteiger partial charge in [0.25, 0.3) is 10.0 Å². The van der Waals surface area contributed by atoms with Crippen molar-refractivity contribution >= 4 is 22.1 Å². The summed E-state index contributed by atoms with van der Waals surface area (Å²) < 4.78 is 23.8. The predicted molar refractivity (Wildman–Crippen MR) is 57.1 cm³/mol. The fraction of sp³-hybridized carbons (Fsp3) is 0. The van der Waals surface area contributed by atoms with Gasteiger partial charge in [0.05, 0.1) is 5.41 Å². The van der Waals surface area contributed by atoms with Crippen LogP contribution in [0.5, 0.6) is 0 Å². The molecule has 6 heteroatoms. The third-order valence-electron chi connectivity index (χ3n) is 1.48. The molecule has 1 aromatic carbocycles. The van der Waals surface area contributed by atoms with E-state index < -0.39 is 16.1 Å². The first-order chi connectivity index (χ1) is 6.99. The van der Waals surface area contributed by atoms with Crippen molar-refractivity contribution in [3.63, 3.8) is 0 Å². The molecule has 2 amide bonds. The third kappa shape index (κ3) is 4.28. The van der Waals surface area contributed by atoms with Crippen molar-refractivity contribution in [2.75, 3.05) is 0 Å². The lowest BCUT2D eigenvalue weighted by molar-refractivity contribution is 0.253. The van der Waals surface area contributed by atoms with E-state index in [1.165, 1.54) is 6.08 Å². The Bertz CT molecular complexity index is 465. The average Bonchev–Trinajstić information content (AvgIpc) is 2.15. The van der Waals surface area contributed by atoms with Crippen LogP contribution in [-0.2, 0) is 10.0 Å². The number of sulfonamides is 1. The first kappa shape index (κ1) is 11.3. The van der Waals surface area contributed by atoms with E-state index in [1.54, 1.807) is 29.0 Å². The Morgan fingerprint density at radius 1 is 1.27 bits per heavy atom. The second-order valence-corrected chi connectivity index (χ2v) is 4.29. The molecule has 0 saturated carbocycles. The highest BCUT2D eigenvalue weighted by Crippen LogP contribution is 2.02. The van der Waals surface area contributed by atoms with Crippen LogP contribution in [0.25, 0.3) is 6.08 Å². The maximum Gasteiger partial charge on any atom is 0.326 e. The van der Waals surface area contributed by atoms with Gasteiger partial charge < -0.3 is 5.73 Å². The molecule has 0 aliphatic carbocycles. The van der Waals surface area contributed by atoms with E-state index in [9.17, 15) is 13.2 Å². The molecule has 0 spiro atoms. The van der Waals surface area contributed by atoms with Crippen molar-refractivity contribution in [3.8, 4) is 0 Å². The van der Waals surface area contributed by atoms with E-state index in [-0.39, 0.29) is 0 Å². The van der Waals surface area contributed by atoms with Crippen molar-refractivity contribution in [1.29, 1.82) is 0 Å². The van der Waals surface area contributed by atoms with Gasteiger partial charge in [-0.2, -0.15) is 0 Å². The van der Waals surface area contributed by atoms with Crippen molar-refractivity contribution < 1.29 is 13.2 Å². The molecular weight excluding hydrogens is 216 g/mol. The number of carbonyl (C=O) groups excluding carboxylic acids is 1. The standard InChI is InChI=1S/C9H10N2O3S/c10-9(12)11-15(13,14)7-6-8-4-2-1-3-5-8/h1-7H,(H3,10,11,12). The molecule has 0 aliphatic heterocycles. The molecule has 0 unspecified atom stereocenters. The largest absolute Gasteiger partial charge is 0.351 e. The first-order valence-electron chi connectivity index (χ1n) is 4.05. The second-order valence-electron chi connectivity index (χ2n) is 2.72. The molecule has 15 heavy (non-hydrogen) atoms. The molecule has 0 atom stereocenters. The SMILES string of the molecule is NC(=O)NS(=O)(=O)C=Cc1ccccc1. The molecule has 0 fully saturated rings. The minimum absolute atomic E-state index is 0.715. The summed E-state index contributed by atoms with van der Waals surface area (Å²) in [6.07, 6.45) is 1.37. The topological polar surface area (TPSA) is 89.3 Å². The molecule has 0 aromatic heterocycles. The fourth-order valence-electron chi connectivity index (χ4n) is 0.907. The molecule has 0 aliphatic rings. The van der Waals surface area contributed by atoms with Crippen molar-refractivity contribution in [1.82, 2.24) is 4.72 Å².